The molecule has 1 aromatic carbocycles. The van der Waals surface area contributed by atoms with Crippen molar-refractivity contribution in [3.8, 4) is 17.0 Å². The molecule has 0 atom stereocenters. The van der Waals surface area contributed by atoms with Crippen LogP contribution in [-0.4, -0.2) is 22.6 Å². The minimum Gasteiger partial charge on any atom is -0.494 e. The number of amidine groups is 1. The molecule has 1 heterocycles. The molecule has 0 saturated carbocycles. The fraction of sp³-hybridized carbons (Fsp3) is 0.154. The Labute approximate surface area is 109 Å². The maximum Gasteiger partial charge on any atom is 0.275 e. The number of H-pyrrole nitrogens is 1. The van der Waals surface area contributed by atoms with E-state index in [9.17, 15) is 4.79 Å². The van der Waals surface area contributed by atoms with E-state index in [0.29, 0.717) is 12.3 Å². The van der Waals surface area contributed by atoms with Crippen molar-refractivity contribution in [2.45, 2.75) is 6.92 Å². The predicted molar refractivity (Wildman–Crippen MR) is 72.5 cm³/mol. The van der Waals surface area contributed by atoms with E-state index >= 15 is 0 Å². The van der Waals surface area contributed by atoms with Crippen LogP contribution >= 0.6 is 0 Å². The fourth-order valence-electron chi connectivity index (χ4n) is 1.67. The topological polar surface area (TPSA) is 105 Å². The Hall–Kier alpha value is -2.63. The van der Waals surface area contributed by atoms with E-state index in [-0.39, 0.29) is 11.4 Å². The Morgan fingerprint density at radius 1 is 1.47 bits per heavy atom. The van der Waals surface area contributed by atoms with Gasteiger partial charge in [-0.3, -0.25) is 10.2 Å². The Morgan fingerprint density at radius 2 is 2.26 bits per heavy atom. The van der Waals surface area contributed by atoms with Crippen LogP contribution in [0.25, 0.3) is 11.3 Å². The number of nitrogens with two attached hydrogens (primary N) is 1. The number of benzene rings is 1. The molecule has 0 fully saturated rings. The van der Waals surface area contributed by atoms with Crippen LogP contribution in [0.5, 0.6) is 5.75 Å². The summed E-state index contributed by atoms with van der Waals surface area (Å²) in [5.74, 6) is 0.434. The number of ether oxygens (including phenoxy) is 1. The Balaban J connectivity index is 2.47. The molecule has 1 aromatic heterocycles. The smallest absolute Gasteiger partial charge is 0.275 e. The highest BCUT2D eigenvalue weighted by Crippen LogP contribution is 2.21. The van der Waals surface area contributed by atoms with E-state index in [1.54, 1.807) is 0 Å². The molecule has 0 aliphatic rings. The minimum atomic E-state index is -0.475. The number of aromatic nitrogens is 2. The SMILES string of the molecule is CCOc1cccc(-c2cc(C(=N)N)c(=O)[nH]n2)c1. The quantitative estimate of drug-likeness (QED) is 0.564. The molecule has 4 N–H and O–H groups in total. The highest BCUT2D eigenvalue weighted by molar-refractivity contribution is 5.95. The van der Waals surface area contributed by atoms with Gasteiger partial charge in [-0.25, -0.2) is 5.10 Å². The zero-order valence-corrected chi connectivity index (χ0v) is 10.4. The molecule has 0 unspecified atom stereocenters. The Bertz CT molecular complexity index is 664. The zero-order valence-electron chi connectivity index (χ0n) is 10.4. The minimum absolute atomic E-state index is 0.104. The van der Waals surface area contributed by atoms with Gasteiger partial charge in [0.1, 0.15) is 11.6 Å². The molecule has 0 spiro atoms. The van der Waals surface area contributed by atoms with Crippen LogP contribution in [0.1, 0.15) is 12.5 Å². The standard InChI is InChI=1S/C13H14N4O2/c1-2-19-9-5-3-4-8(6-9)11-7-10(12(14)15)13(18)17-16-11/h3-7H,2H2,1H3,(H3,14,15)(H,17,18). The predicted octanol–water partition coefficient (Wildman–Crippen LogP) is 1.12. The highest BCUT2D eigenvalue weighted by atomic mass is 16.5. The summed E-state index contributed by atoms with van der Waals surface area (Å²) in [7, 11) is 0. The van der Waals surface area contributed by atoms with Crippen LogP contribution in [0, 0.1) is 5.41 Å². The molecular formula is C13H14N4O2. The van der Waals surface area contributed by atoms with Gasteiger partial charge in [0.2, 0.25) is 0 Å². The van der Waals surface area contributed by atoms with Gasteiger partial charge in [0, 0.05) is 5.56 Å². The summed E-state index contributed by atoms with van der Waals surface area (Å²) >= 11 is 0. The monoisotopic (exact) mass is 258 g/mol. The van der Waals surface area contributed by atoms with Crippen LogP contribution < -0.4 is 16.0 Å². The van der Waals surface area contributed by atoms with Gasteiger partial charge < -0.3 is 10.5 Å². The summed E-state index contributed by atoms with van der Waals surface area (Å²) in [4.78, 5) is 11.5. The van der Waals surface area contributed by atoms with Crippen LogP contribution in [0.4, 0.5) is 0 Å². The third-order valence-electron chi connectivity index (χ3n) is 2.53. The largest absolute Gasteiger partial charge is 0.494 e. The average Bonchev–Trinajstić information content (AvgIpc) is 2.39. The number of hydrogen-bond donors (Lipinski definition) is 3. The number of nitrogen functional groups attached to an aromatic ring is 1. The van der Waals surface area contributed by atoms with Crippen molar-refractivity contribution in [1.29, 1.82) is 5.41 Å². The average molecular weight is 258 g/mol. The molecule has 6 nitrogen and oxygen atoms in total. The van der Waals surface area contributed by atoms with Crippen molar-refractivity contribution in [2.24, 2.45) is 5.73 Å². The lowest BCUT2D eigenvalue weighted by Gasteiger charge is -2.06. The second-order valence-corrected chi connectivity index (χ2v) is 3.87. The Kier molecular flexibility index (Phi) is 3.61. The van der Waals surface area contributed by atoms with E-state index in [4.69, 9.17) is 15.9 Å². The zero-order chi connectivity index (χ0) is 13.8. The summed E-state index contributed by atoms with van der Waals surface area (Å²) in [5.41, 5.74) is 6.29. The Morgan fingerprint density at radius 3 is 2.95 bits per heavy atom. The fourth-order valence-corrected chi connectivity index (χ4v) is 1.67. The molecular weight excluding hydrogens is 244 g/mol. The van der Waals surface area contributed by atoms with Gasteiger partial charge in [-0.1, -0.05) is 12.1 Å². The number of aromatic amines is 1. The summed E-state index contributed by atoms with van der Waals surface area (Å²) in [6, 6.07) is 8.82. The molecule has 98 valence electrons. The lowest BCUT2D eigenvalue weighted by atomic mass is 10.1. The highest BCUT2D eigenvalue weighted by Gasteiger charge is 2.08. The first kappa shape index (κ1) is 12.8. The van der Waals surface area contributed by atoms with E-state index in [1.807, 2.05) is 31.2 Å². The summed E-state index contributed by atoms with van der Waals surface area (Å²) in [5, 5.41) is 13.6. The van der Waals surface area contributed by atoms with Gasteiger partial charge in [0.15, 0.2) is 0 Å². The van der Waals surface area contributed by atoms with Crippen molar-refractivity contribution >= 4 is 5.84 Å². The molecule has 2 rings (SSSR count). The van der Waals surface area contributed by atoms with Crippen molar-refractivity contribution in [2.75, 3.05) is 6.61 Å². The van der Waals surface area contributed by atoms with Crippen LogP contribution in [-0.2, 0) is 0 Å². The van der Waals surface area contributed by atoms with Crippen LogP contribution in [0.15, 0.2) is 35.1 Å². The molecule has 0 amide bonds. The van der Waals surface area contributed by atoms with Gasteiger partial charge in [-0.2, -0.15) is 5.10 Å². The molecule has 2 aromatic rings. The van der Waals surface area contributed by atoms with Gasteiger partial charge >= 0.3 is 0 Å². The van der Waals surface area contributed by atoms with E-state index in [2.05, 4.69) is 10.2 Å². The van der Waals surface area contributed by atoms with Gasteiger partial charge in [-0.15, -0.1) is 0 Å². The lowest BCUT2D eigenvalue weighted by Crippen LogP contribution is -2.24. The number of hydrogen-bond acceptors (Lipinski definition) is 4. The van der Waals surface area contributed by atoms with E-state index in [1.165, 1.54) is 6.07 Å². The van der Waals surface area contributed by atoms with Gasteiger partial charge in [-0.05, 0) is 25.1 Å². The molecule has 19 heavy (non-hydrogen) atoms. The van der Waals surface area contributed by atoms with Gasteiger partial charge in [0.05, 0.1) is 17.9 Å². The first-order valence-electron chi connectivity index (χ1n) is 5.79. The molecule has 0 saturated heterocycles. The second kappa shape index (κ2) is 5.34. The summed E-state index contributed by atoms with van der Waals surface area (Å²) < 4.78 is 5.40. The van der Waals surface area contributed by atoms with Gasteiger partial charge in [0.25, 0.3) is 5.56 Å². The molecule has 0 bridgehead atoms. The van der Waals surface area contributed by atoms with Crippen LogP contribution in [0.2, 0.25) is 0 Å². The number of rotatable bonds is 4. The van der Waals surface area contributed by atoms with E-state index < -0.39 is 5.56 Å². The first-order valence-corrected chi connectivity index (χ1v) is 5.79. The summed E-state index contributed by atoms with van der Waals surface area (Å²) in [6.07, 6.45) is 0. The summed E-state index contributed by atoms with van der Waals surface area (Å²) in [6.45, 7) is 2.47. The maximum atomic E-state index is 11.5. The van der Waals surface area contributed by atoms with Crippen molar-refractivity contribution in [3.05, 3.63) is 46.2 Å². The first-order chi connectivity index (χ1) is 9.11. The van der Waals surface area contributed by atoms with Crippen LogP contribution in [0.3, 0.4) is 0 Å². The lowest BCUT2D eigenvalue weighted by molar-refractivity contribution is 0.340. The second-order valence-electron chi connectivity index (χ2n) is 3.87. The molecule has 0 aliphatic heterocycles. The van der Waals surface area contributed by atoms with E-state index in [0.717, 1.165) is 11.3 Å². The molecule has 0 radical (unpaired) electrons. The number of nitrogens with zero attached hydrogens (tertiary/aromatic N) is 1. The van der Waals surface area contributed by atoms with Crippen molar-refractivity contribution in [1.82, 2.24) is 10.2 Å². The molecule has 0 aliphatic carbocycles. The number of nitrogens with one attached hydrogen (secondary N) is 2. The third kappa shape index (κ3) is 2.79. The maximum absolute atomic E-state index is 11.5. The normalized spacial score (nSPS) is 10.2. The van der Waals surface area contributed by atoms with Crippen molar-refractivity contribution < 1.29 is 4.74 Å². The third-order valence-corrected chi connectivity index (χ3v) is 2.53. The molecule has 6 heteroatoms. The van der Waals surface area contributed by atoms with Crippen molar-refractivity contribution in [3.63, 3.8) is 0 Å².